The molecule has 2 rings (SSSR count). The van der Waals surface area contributed by atoms with E-state index in [2.05, 4.69) is 0 Å². The van der Waals surface area contributed by atoms with Gasteiger partial charge in [-0.05, 0) is 24.6 Å². The minimum Gasteiger partial charge on any atom is -0.492 e. The van der Waals surface area contributed by atoms with Crippen molar-refractivity contribution in [2.75, 3.05) is 0 Å². The summed E-state index contributed by atoms with van der Waals surface area (Å²) in [5.74, 6) is -2.38. The molecule has 0 fully saturated rings. The molecule has 1 aromatic carbocycles. The van der Waals surface area contributed by atoms with E-state index in [-0.39, 0.29) is 0 Å². The second kappa shape index (κ2) is 4.89. The number of aromatic amines is 1. The Balaban J connectivity index is 2.59. The zero-order valence-electron chi connectivity index (χ0n) is 9.85. The number of benzene rings is 1. The lowest BCUT2D eigenvalue weighted by Gasteiger charge is -2.16. The van der Waals surface area contributed by atoms with Crippen molar-refractivity contribution in [3.63, 3.8) is 0 Å². The molecule has 5 nitrogen and oxygen atoms in total. The number of hydrogen-bond donors (Lipinski definition) is 2. The van der Waals surface area contributed by atoms with Crippen molar-refractivity contribution in [2.24, 2.45) is 0 Å². The number of aromatic nitrogens is 2. The second-order valence-corrected chi connectivity index (χ2v) is 4.43. The Labute approximate surface area is 111 Å². The number of hydrogen-bond acceptors (Lipinski definition) is 3. The molecular formula is C12H10ClFN2O3. The van der Waals surface area contributed by atoms with Crippen molar-refractivity contribution in [3.8, 4) is 5.88 Å². The van der Waals surface area contributed by atoms with Crippen molar-refractivity contribution < 1.29 is 9.50 Å². The van der Waals surface area contributed by atoms with Gasteiger partial charge in [-0.2, -0.15) is 4.39 Å². The van der Waals surface area contributed by atoms with Gasteiger partial charge in [-0.1, -0.05) is 23.7 Å². The molecule has 7 heteroatoms. The van der Waals surface area contributed by atoms with E-state index in [0.717, 1.165) is 4.57 Å². The Morgan fingerprint density at radius 2 is 1.89 bits per heavy atom. The molecule has 1 atom stereocenters. The molecule has 0 radical (unpaired) electrons. The fourth-order valence-electron chi connectivity index (χ4n) is 1.77. The van der Waals surface area contributed by atoms with E-state index in [4.69, 9.17) is 11.6 Å². The first-order chi connectivity index (χ1) is 8.91. The number of H-pyrrole nitrogens is 1. The third-order valence-electron chi connectivity index (χ3n) is 2.80. The predicted molar refractivity (Wildman–Crippen MR) is 68.2 cm³/mol. The van der Waals surface area contributed by atoms with Crippen LogP contribution in [0, 0.1) is 5.82 Å². The molecule has 0 saturated heterocycles. The maximum Gasteiger partial charge on any atom is 0.331 e. The molecule has 2 aromatic rings. The summed E-state index contributed by atoms with van der Waals surface area (Å²) in [6.45, 7) is 1.59. The van der Waals surface area contributed by atoms with Crippen LogP contribution in [0.5, 0.6) is 5.88 Å². The molecule has 0 aliphatic rings. The van der Waals surface area contributed by atoms with Crippen LogP contribution in [0.25, 0.3) is 0 Å². The SMILES string of the molecule is CC(c1ccc(Cl)cc1)n1c(O)c(F)c(=O)[nH]c1=O. The largest absolute Gasteiger partial charge is 0.492 e. The van der Waals surface area contributed by atoms with Crippen molar-refractivity contribution in [2.45, 2.75) is 13.0 Å². The maximum absolute atomic E-state index is 13.3. The highest BCUT2D eigenvalue weighted by Crippen LogP contribution is 2.22. The van der Waals surface area contributed by atoms with Crippen LogP contribution >= 0.6 is 11.6 Å². The standard InChI is InChI=1S/C12H10ClFN2O3/c1-6(7-2-4-8(13)5-3-7)16-11(18)9(14)10(17)15-12(16)19/h2-6,18H,1H3,(H,15,17,19). The van der Waals surface area contributed by atoms with Gasteiger partial charge in [0.05, 0.1) is 6.04 Å². The van der Waals surface area contributed by atoms with Crippen LogP contribution < -0.4 is 11.2 Å². The molecule has 19 heavy (non-hydrogen) atoms. The van der Waals surface area contributed by atoms with Gasteiger partial charge in [0, 0.05) is 5.02 Å². The van der Waals surface area contributed by atoms with Gasteiger partial charge in [0.2, 0.25) is 11.7 Å². The molecule has 0 aliphatic carbocycles. The summed E-state index contributed by atoms with van der Waals surface area (Å²) in [4.78, 5) is 24.4. The molecule has 1 heterocycles. The molecule has 0 aliphatic heterocycles. The number of rotatable bonds is 2. The van der Waals surface area contributed by atoms with Crippen molar-refractivity contribution in [3.05, 3.63) is 61.5 Å². The van der Waals surface area contributed by atoms with Crippen molar-refractivity contribution in [1.29, 1.82) is 0 Å². The molecule has 0 bridgehead atoms. The Morgan fingerprint density at radius 3 is 2.47 bits per heavy atom. The Bertz CT molecular complexity index is 721. The molecule has 1 unspecified atom stereocenters. The summed E-state index contributed by atoms with van der Waals surface area (Å²) in [5, 5.41) is 10.1. The summed E-state index contributed by atoms with van der Waals surface area (Å²) in [5.41, 5.74) is -1.50. The van der Waals surface area contributed by atoms with Crippen LogP contribution in [0.2, 0.25) is 5.02 Å². The van der Waals surface area contributed by atoms with E-state index >= 15 is 0 Å². The van der Waals surface area contributed by atoms with E-state index in [0.29, 0.717) is 10.6 Å². The highest BCUT2D eigenvalue weighted by molar-refractivity contribution is 6.30. The highest BCUT2D eigenvalue weighted by atomic mass is 35.5. The van der Waals surface area contributed by atoms with E-state index in [1.165, 1.54) is 0 Å². The number of nitrogens with one attached hydrogen (secondary N) is 1. The molecule has 0 saturated carbocycles. The lowest BCUT2D eigenvalue weighted by Crippen LogP contribution is -2.33. The average molecular weight is 285 g/mol. The first-order valence-corrected chi connectivity index (χ1v) is 5.78. The van der Waals surface area contributed by atoms with E-state index < -0.39 is 29.0 Å². The van der Waals surface area contributed by atoms with Gasteiger partial charge in [0.15, 0.2) is 0 Å². The van der Waals surface area contributed by atoms with Crippen LogP contribution in [0.15, 0.2) is 33.9 Å². The summed E-state index contributed by atoms with van der Waals surface area (Å²) in [6.07, 6.45) is 0. The first kappa shape index (κ1) is 13.4. The molecule has 2 N–H and O–H groups in total. The minimum absolute atomic E-state index is 0.514. The zero-order chi connectivity index (χ0) is 14.2. The van der Waals surface area contributed by atoms with Crippen LogP contribution in [0.4, 0.5) is 4.39 Å². The Kier molecular flexibility index (Phi) is 3.44. The summed E-state index contributed by atoms with van der Waals surface area (Å²) in [7, 11) is 0. The predicted octanol–water partition coefficient (Wildman–Crippen LogP) is 1.64. The third kappa shape index (κ3) is 2.39. The lowest BCUT2D eigenvalue weighted by molar-refractivity contribution is 0.351. The summed E-state index contributed by atoms with van der Waals surface area (Å²) < 4.78 is 14.1. The summed E-state index contributed by atoms with van der Waals surface area (Å²) in [6, 6.07) is 5.84. The number of halogens is 2. The smallest absolute Gasteiger partial charge is 0.331 e. The lowest BCUT2D eigenvalue weighted by atomic mass is 10.1. The van der Waals surface area contributed by atoms with Crippen molar-refractivity contribution >= 4 is 11.6 Å². The average Bonchev–Trinajstić information content (AvgIpc) is 2.37. The topological polar surface area (TPSA) is 75.1 Å². The van der Waals surface area contributed by atoms with Crippen LogP contribution in [0.1, 0.15) is 18.5 Å². The maximum atomic E-state index is 13.3. The van der Waals surface area contributed by atoms with Crippen LogP contribution in [0.3, 0.4) is 0 Å². The highest BCUT2D eigenvalue weighted by Gasteiger charge is 2.19. The molecule has 0 spiro atoms. The molecule has 100 valence electrons. The van der Waals surface area contributed by atoms with E-state index in [9.17, 15) is 19.1 Å². The monoisotopic (exact) mass is 284 g/mol. The van der Waals surface area contributed by atoms with Crippen LogP contribution in [-0.4, -0.2) is 14.7 Å². The number of nitrogens with zero attached hydrogens (tertiary/aromatic N) is 1. The van der Waals surface area contributed by atoms with Gasteiger partial charge in [-0.3, -0.25) is 14.3 Å². The van der Waals surface area contributed by atoms with Crippen LogP contribution in [-0.2, 0) is 0 Å². The summed E-state index contributed by atoms with van der Waals surface area (Å²) >= 11 is 5.75. The quantitative estimate of drug-likeness (QED) is 0.880. The molecule has 1 aromatic heterocycles. The third-order valence-corrected chi connectivity index (χ3v) is 3.05. The van der Waals surface area contributed by atoms with Crippen molar-refractivity contribution in [1.82, 2.24) is 9.55 Å². The zero-order valence-corrected chi connectivity index (χ0v) is 10.6. The fraction of sp³-hybridized carbons (Fsp3) is 0.167. The Hall–Kier alpha value is -2.08. The normalized spacial score (nSPS) is 12.4. The van der Waals surface area contributed by atoms with E-state index in [1.807, 2.05) is 0 Å². The number of aromatic hydroxyl groups is 1. The van der Waals surface area contributed by atoms with Gasteiger partial charge >= 0.3 is 5.69 Å². The molecular weight excluding hydrogens is 275 g/mol. The minimum atomic E-state index is -1.39. The van der Waals surface area contributed by atoms with Gasteiger partial charge in [0.25, 0.3) is 5.56 Å². The van der Waals surface area contributed by atoms with Gasteiger partial charge < -0.3 is 5.11 Å². The fourth-order valence-corrected chi connectivity index (χ4v) is 1.89. The molecule has 0 amide bonds. The first-order valence-electron chi connectivity index (χ1n) is 5.40. The Morgan fingerprint density at radius 1 is 1.32 bits per heavy atom. The van der Waals surface area contributed by atoms with Gasteiger partial charge in [-0.15, -0.1) is 0 Å². The van der Waals surface area contributed by atoms with Gasteiger partial charge in [-0.25, -0.2) is 4.79 Å². The van der Waals surface area contributed by atoms with E-state index in [1.54, 1.807) is 36.2 Å². The van der Waals surface area contributed by atoms with Gasteiger partial charge in [0.1, 0.15) is 0 Å². The second-order valence-electron chi connectivity index (χ2n) is 3.99.